The largest absolute Gasteiger partial charge is 0.350 e. The Morgan fingerprint density at radius 3 is 2.55 bits per heavy atom. The molecule has 38 heavy (non-hydrogen) atoms. The number of para-hydroxylation sites is 1. The van der Waals surface area contributed by atoms with Crippen molar-refractivity contribution in [2.75, 3.05) is 36.0 Å². The van der Waals surface area contributed by atoms with E-state index < -0.39 is 0 Å². The first-order chi connectivity index (χ1) is 18.5. The summed E-state index contributed by atoms with van der Waals surface area (Å²) in [6.07, 6.45) is 4.70. The Labute approximate surface area is 221 Å². The SMILES string of the molecule is CCc1c(C(=O)N2CCN(c3ncccn3)CCCN(C(C)=O)c3ccccc3C2)[nH]c2ccc(F)cc12. The van der Waals surface area contributed by atoms with E-state index in [1.165, 1.54) is 12.1 Å². The number of rotatable bonds is 3. The minimum atomic E-state index is -0.336. The van der Waals surface area contributed by atoms with Crippen LogP contribution in [0.25, 0.3) is 10.9 Å². The first-order valence-electron chi connectivity index (χ1n) is 12.9. The van der Waals surface area contributed by atoms with Crippen LogP contribution >= 0.6 is 0 Å². The summed E-state index contributed by atoms with van der Waals surface area (Å²) in [5, 5.41) is 0.719. The van der Waals surface area contributed by atoms with Crippen LogP contribution in [0.2, 0.25) is 0 Å². The van der Waals surface area contributed by atoms with Crippen LogP contribution in [0.4, 0.5) is 16.0 Å². The molecule has 196 valence electrons. The molecule has 5 rings (SSSR count). The van der Waals surface area contributed by atoms with Crippen LogP contribution < -0.4 is 9.80 Å². The molecule has 0 spiro atoms. The van der Waals surface area contributed by atoms with Gasteiger partial charge in [0.25, 0.3) is 5.91 Å². The maximum Gasteiger partial charge on any atom is 0.270 e. The summed E-state index contributed by atoms with van der Waals surface area (Å²) < 4.78 is 14.1. The molecule has 1 N–H and O–H groups in total. The van der Waals surface area contributed by atoms with Gasteiger partial charge in [-0.3, -0.25) is 9.59 Å². The predicted molar refractivity (Wildman–Crippen MR) is 146 cm³/mol. The first kappa shape index (κ1) is 25.4. The maximum atomic E-state index is 14.1. The molecule has 2 aromatic heterocycles. The summed E-state index contributed by atoms with van der Waals surface area (Å²) in [4.78, 5) is 44.5. The van der Waals surface area contributed by atoms with Crippen molar-refractivity contribution in [3.63, 3.8) is 0 Å². The van der Waals surface area contributed by atoms with Gasteiger partial charge in [0, 0.05) is 68.6 Å². The van der Waals surface area contributed by atoms with E-state index in [9.17, 15) is 14.0 Å². The average Bonchev–Trinajstić information content (AvgIpc) is 3.28. The van der Waals surface area contributed by atoms with Gasteiger partial charge in [-0.1, -0.05) is 25.1 Å². The van der Waals surface area contributed by atoms with E-state index in [1.807, 2.05) is 31.2 Å². The molecule has 0 saturated heterocycles. The molecule has 2 amide bonds. The lowest BCUT2D eigenvalue weighted by molar-refractivity contribution is -0.116. The molecule has 0 bridgehead atoms. The number of amides is 2. The Balaban J connectivity index is 1.57. The number of benzene rings is 2. The van der Waals surface area contributed by atoms with Crippen molar-refractivity contribution in [2.45, 2.75) is 33.2 Å². The molecular formula is C29H31FN6O2. The summed E-state index contributed by atoms with van der Waals surface area (Å²) in [6.45, 7) is 5.95. The van der Waals surface area contributed by atoms with Crippen molar-refractivity contribution in [2.24, 2.45) is 0 Å². The zero-order chi connectivity index (χ0) is 26.6. The molecule has 0 fully saturated rings. The second kappa shape index (κ2) is 11.0. The lowest BCUT2D eigenvalue weighted by Gasteiger charge is -2.28. The number of hydrogen-bond acceptors (Lipinski definition) is 5. The van der Waals surface area contributed by atoms with Crippen LogP contribution in [-0.4, -0.2) is 57.8 Å². The lowest BCUT2D eigenvalue weighted by Crippen LogP contribution is -2.39. The molecule has 8 nitrogen and oxygen atoms in total. The van der Waals surface area contributed by atoms with Gasteiger partial charge in [-0.15, -0.1) is 0 Å². The smallest absolute Gasteiger partial charge is 0.270 e. The molecule has 4 aromatic rings. The summed E-state index contributed by atoms with van der Waals surface area (Å²) >= 11 is 0. The number of hydrogen-bond donors (Lipinski definition) is 1. The fourth-order valence-corrected chi connectivity index (χ4v) is 5.17. The fraction of sp³-hybridized carbons (Fsp3) is 0.310. The minimum absolute atomic E-state index is 0.0528. The maximum absolute atomic E-state index is 14.1. The number of aromatic amines is 1. The topological polar surface area (TPSA) is 85.4 Å². The van der Waals surface area contributed by atoms with Crippen LogP contribution in [0.15, 0.2) is 60.9 Å². The molecule has 1 aliphatic heterocycles. The van der Waals surface area contributed by atoms with Crippen molar-refractivity contribution in [3.05, 3.63) is 83.6 Å². The quantitative estimate of drug-likeness (QED) is 0.433. The van der Waals surface area contributed by atoms with Gasteiger partial charge in [0.05, 0.1) is 0 Å². The molecule has 3 heterocycles. The van der Waals surface area contributed by atoms with E-state index in [0.29, 0.717) is 57.2 Å². The summed E-state index contributed by atoms with van der Waals surface area (Å²) in [5.41, 5.74) is 3.68. The standard InChI is InChI=1S/C29H31FN6O2/c1-3-23-24-18-22(30)10-11-25(24)33-27(23)28(38)35-17-16-34(29-31-12-6-13-32-29)14-7-15-36(20(2)37)26-9-5-4-8-21(26)19-35/h4-6,8-13,18,33H,3,7,14-17,19H2,1-2H3. The third-order valence-electron chi connectivity index (χ3n) is 7.03. The number of carbonyl (C=O) groups is 2. The summed E-state index contributed by atoms with van der Waals surface area (Å²) in [5.74, 6) is 0.0254. The summed E-state index contributed by atoms with van der Waals surface area (Å²) in [7, 11) is 0. The first-order valence-corrected chi connectivity index (χ1v) is 12.9. The van der Waals surface area contributed by atoms with E-state index in [2.05, 4.69) is 19.9 Å². The fourth-order valence-electron chi connectivity index (χ4n) is 5.17. The minimum Gasteiger partial charge on any atom is -0.350 e. The Bertz CT molecular complexity index is 1450. The normalized spacial score (nSPS) is 14.8. The van der Waals surface area contributed by atoms with Gasteiger partial charge in [0.15, 0.2) is 0 Å². The second-order valence-corrected chi connectivity index (χ2v) is 9.44. The van der Waals surface area contributed by atoms with Crippen molar-refractivity contribution < 1.29 is 14.0 Å². The Morgan fingerprint density at radius 1 is 1.00 bits per heavy atom. The van der Waals surface area contributed by atoms with Crippen LogP contribution in [0, 0.1) is 5.82 Å². The van der Waals surface area contributed by atoms with Gasteiger partial charge in [-0.05, 0) is 54.3 Å². The van der Waals surface area contributed by atoms with Crippen LogP contribution in [0.1, 0.15) is 41.9 Å². The highest BCUT2D eigenvalue weighted by Gasteiger charge is 2.26. The van der Waals surface area contributed by atoms with Gasteiger partial charge in [-0.2, -0.15) is 0 Å². The van der Waals surface area contributed by atoms with Crippen molar-refractivity contribution in [3.8, 4) is 0 Å². The van der Waals surface area contributed by atoms with Crippen LogP contribution in [0.3, 0.4) is 0 Å². The number of aryl methyl sites for hydroxylation is 1. The molecule has 0 unspecified atom stereocenters. The van der Waals surface area contributed by atoms with Gasteiger partial charge < -0.3 is 19.7 Å². The van der Waals surface area contributed by atoms with Gasteiger partial charge in [0.1, 0.15) is 11.5 Å². The van der Waals surface area contributed by atoms with E-state index in [0.717, 1.165) is 27.7 Å². The van der Waals surface area contributed by atoms with Crippen molar-refractivity contribution in [1.29, 1.82) is 0 Å². The number of nitrogens with zero attached hydrogens (tertiary/aromatic N) is 5. The van der Waals surface area contributed by atoms with Crippen LogP contribution in [-0.2, 0) is 17.8 Å². The third kappa shape index (κ3) is 5.09. The second-order valence-electron chi connectivity index (χ2n) is 9.44. The summed E-state index contributed by atoms with van der Waals surface area (Å²) in [6, 6.07) is 14.0. The van der Waals surface area contributed by atoms with Gasteiger partial charge in [-0.25, -0.2) is 14.4 Å². The monoisotopic (exact) mass is 514 g/mol. The Kier molecular flexibility index (Phi) is 7.35. The number of nitrogens with one attached hydrogen (secondary N) is 1. The zero-order valence-electron chi connectivity index (χ0n) is 21.7. The zero-order valence-corrected chi connectivity index (χ0v) is 21.7. The number of H-pyrrole nitrogens is 1. The predicted octanol–water partition coefficient (Wildman–Crippen LogP) is 4.57. The highest BCUT2D eigenvalue weighted by molar-refractivity contribution is 6.01. The van der Waals surface area contributed by atoms with Gasteiger partial charge >= 0.3 is 0 Å². The van der Waals surface area contributed by atoms with Crippen molar-refractivity contribution >= 4 is 34.4 Å². The number of carbonyl (C=O) groups excluding carboxylic acids is 2. The molecular weight excluding hydrogens is 483 g/mol. The van der Waals surface area contributed by atoms with Crippen LogP contribution in [0.5, 0.6) is 0 Å². The van der Waals surface area contributed by atoms with E-state index in [4.69, 9.17) is 0 Å². The Morgan fingerprint density at radius 2 is 1.79 bits per heavy atom. The molecule has 0 aliphatic carbocycles. The molecule has 9 heteroatoms. The highest BCUT2D eigenvalue weighted by Crippen LogP contribution is 2.28. The number of aromatic nitrogens is 3. The van der Waals surface area contributed by atoms with E-state index in [-0.39, 0.29) is 17.6 Å². The number of anilines is 2. The Hall–Kier alpha value is -4.27. The molecule has 2 aromatic carbocycles. The highest BCUT2D eigenvalue weighted by atomic mass is 19.1. The molecule has 0 radical (unpaired) electrons. The number of fused-ring (bicyclic) bond motifs is 2. The number of halogens is 1. The molecule has 0 atom stereocenters. The van der Waals surface area contributed by atoms with Gasteiger partial charge in [0.2, 0.25) is 11.9 Å². The van der Waals surface area contributed by atoms with E-state index >= 15 is 0 Å². The molecule has 1 aliphatic rings. The van der Waals surface area contributed by atoms with E-state index in [1.54, 1.807) is 41.2 Å². The lowest BCUT2D eigenvalue weighted by atomic mass is 10.1. The molecule has 0 saturated carbocycles. The average molecular weight is 515 g/mol. The van der Waals surface area contributed by atoms with Crippen molar-refractivity contribution in [1.82, 2.24) is 19.9 Å². The third-order valence-corrected chi connectivity index (χ3v) is 7.03.